The smallest absolute Gasteiger partial charge is 0.324 e. The van der Waals surface area contributed by atoms with Crippen molar-refractivity contribution in [3.63, 3.8) is 0 Å². The van der Waals surface area contributed by atoms with Crippen LogP contribution in [0.2, 0.25) is 0 Å². The maximum absolute atomic E-state index is 11.3. The number of nitrogens with zero attached hydrogens (tertiary/aromatic N) is 3. The number of aryl methyl sites for hydroxylation is 1. The van der Waals surface area contributed by atoms with E-state index >= 15 is 0 Å². The van der Waals surface area contributed by atoms with E-state index in [9.17, 15) is 9.90 Å². The van der Waals surface area contributed by atoms with Crippen LogP contribution in [-0.2, 0) is 11.3 Å². The van der Waals surface area contributed by atoms with Crippen molar-refractivity contribution in [3.05, 3.63) is 59.9 Å². The summed E-state index contributed by atoms with van der Waals surface area (Å²) in [4.78, 5) is 13.2. The molecule has 5 nitrogen and oxygen atoms in total. The number of aromatic nitrogens is 2. The molecule has 1 aliphatic rings. The molecule has 0 unspecified atom stereocenters. The summed E-state index contributed by atoms with van der Waals surface area (Å²) in [5, 5.41) is 13.5. The van der Waals surface area contributed by atoms with Gasteiger partial charge in [-0.15, -0.1) is 0 Å². The summed E-state index contributed by atoms with van der Waals surface area (Å²) in [6.07, 6.45) is 7.28. The van der Waals surface area contributed by atoms with Gasteiger partial charge in [-0.25, -0.2) is 4.68 Å². The van der Waals surface area contributed by atoms with Crippen molar-refractivity contribution in [2.24, 2.45) is 0 Å². The lowest BCUT2D eigenvalue weighted by molar-refractivity contribution is -0.141. The maximum atomic E-state index is 11.3. The first kappa shape index (κ1) is 13.6. The quantitative estimate of drug-likeness (QED) is 0.872. The number of rotatable bonds is 4. The largest absolute Gasteiger partial charge is 0.480 e. The Labute approximate surface area is 123 Å². The van der Waals surface area contributed by atoms with Crippen molar-refractivity contribution in [2.75, 3.05) is 6.54 Å². The molecule has 0 saturated heterocycles. The third-order valence-corrected chi connectivity index (χ3v) is 3.66. The standard InChI is InChI=1S/C16H17N3O2/c1-12-5-6-14(19-9-3-7-17-19)13(10-12)11-18-8-2-4-15(18)16(20)21/h2-7,9-10,15H,8,11H2,1H3,(H,20,21)/t15-/m1/s1. The minimum Gasteiger partial charge on any atom is -0.480 e. The minimum atomic E-state index is -0.808. The molecule has 0 spiro atoms. The summed E-state index contributed by atoms with van der Waals surface area (Å²) < 4.78 is 1.81. The third-order valence-electron chi connectivity index (χ3n) is 3.66. The summed E-state index contributed by atoms with van der Waals surface area (Å²) in [7, 11) is 0. The predicted octanol–water partition coefficient (Wildman–Crippen LogP) is 2.01. The molecule has 0 amide bonds. The first-order valence-corrected chi connectivity index (χ1v) is 6.88. The fourth-order valence-electron chi connectivity index (χ4n) is 2.66. The summed E-state index contributed by atoms with van der Waals surface area (Å²) in [5.41, 5.74) is 3.22. The first-order chi connectivity index (χ1) is 10.1. The van der Waals surface area contributed by atoms with Crippen molar-refractivity contribution in [1.29, 1.82) is 0 Å². The lowest BCUT2D eigenvalue weighted by Gasteiger charge is -2.22. The minimum absolute atomic E-state index is 0.545. The molecule has 0 saturated carbocycles. The van der Waals surface area contributed by atoms with Crippen molar-refractivity contribution in [1.82, 2.24) is 14.7 Å². The molecule has 1 aromatic heterocycles. The number of hydrogen-bond donors (Lipinski definition) is 1. The molecule has 108 valence electrons. The van der Waals surface area contributed by atoms with E-state index in [0.717, 1.165) is 16.8 Å². The van der Waals surface area contributed by atoms with Crippen molar-refractivity contribution < 1.29 is 9.90 Å². The lowest BCUT2D eigenvalue weighted by Crippen LogP contribution is -2.36. The highest BCUT2D eigenvalue weighted by Crippen LogP contribution is 2.21. The molecule has 1 aromatic carbocycles. The normalized spacial score (nSPS) is 18.2. The highest BCUT2D eigenvalue weighted by atomic mass is 16.4. The maximum Gasteiger partial charge on any atom is 0.324 e. The van der Waals surface area contributed by atoms with E-state index in [-0.39, 0.29) is 0 Å². The highest BCUT2D eigenvalue weighted by molar-refractivity contribution is 5.76. The molecule has 1 aliphatic heterocycles. The molecule has 1 atom stereocenters. The van der Waals surface area contributed by atoms with E-state index in [1.807, 2.05) is 47.0 Å². The Morgan fingerprint density at radius 2 is 2.33 bits per heavy atom. The summed E-state index contributed by atoms with van der Waals surface area (Å²) in [5.74, 6) is -0.808. The number of carbonyl (C=O) groups is 1. The van der Waals surface area contributed by atoms with E-state index in [4.69, 9.17) is 0 Å². The van der Waals surface area contributed by atoms with Crippen molar-refractivity contribution >= 4 is 5.97 Å². The van der Waals surface area contributed by atoms with Crippen LogP contribution in [0, 0.1) is 6.92 Å². The average Bonchev–Trinajstić information content (AvgIpc) is 3.09. The van der Waals surface area contributed by atoms with Gasteiger partial charge < -0.3 is 5.11 Å². The zero-order valence-electron chi connectivity index (χ0n) is 11.8. The Hall–Kier alpha value is -2.40. The molecule has 3 rings (SSSR count). The Bertz CT molecular complexity index is 677. The number of aliphatic carboxylic acids is 1. The number of benzene rings is 1. The van der Waals surface area contributed by atoms with E-state index in [1.54, 1.807) is 12.3 Å². The molecular formula is C16H17N3O2. The van der Waals surface area contributed by atoms with Gasteiger partial charge in [0.05, 0.1) is 5.69 Å². The Balaban J connectivity index is 1.91. The molecule has 0 bridgehead atoms. The summed E-state index contributed by atoms with van der Waals surface area (Å²) in [6, 6.07) is 7.49. The molecule has 2 aromatic rings. The lowest BCUT2D eigenvalue weighted by atomic mass is 10.1. The molecule has 1 N–H and O–H groups in total. The van der Waals surface area contributed by atoms with Crippen molar-refractivity contribution in [2.45, 2.75) is 19.5 Å². The Morgan fingerprint density at radius 3 is 3.05 bits per heavy atom. The molecule has 5 heteroatoms. The van der Waals surface area contributed by atoms with Crippen LogP contribution < -0.4 is 0 Å². The summed E-state index contributed by atoms with van der Waals surface area (Å²) in [6.45, 7) is 3.28. The summed E-state index contributed by atoms with van der Waals surface area (Å²) >= 11 is 0. The van der Waals surface area contributed by atoms with Crippen LogP contribution in [0.5, 0.6) is 0 Å². The second-order valence-corrected chi connectivity index (χ2v) is 5.22. The van der Waals surface area contributed by atoms with Crippen LogP contribution in [0.3, 0.4) is 0 Å². The zero-order chi connectivity index (χ0) is 14.8. The third kappa shape index (κ3) is 2.73. The Kier molecular flexibility index (Phi) is 3.58. The molecule has 0 fully saturated rings. The van der Waals surface area contributed by atoms with Gasteiger partial charge in [0.25, 0.3) is 0 Å². The monoisotopic (exact) mass is 283 g/mol. The topological polar surface area (TPSA) is 58.4 Å². The van der Waals surface area contributed by atoms with Gasteiger partial charge in [0.15, 0.2) is 0 Å². The zero-order valence-corrected chi connectivity index (χ0v) is 11.8. The number of hydrogen-bond acceptors (Lipinski definition) is 3. The predicted molar refractivity (Wildman–Crippen MR) is 79.3 cm³/mol. The van der Waals surface area contributed by atoms with Gasteiger partial charge >= 0.3 is 5.97 Å². The van der Waals surface area contributed by atoms with Gasteiger partial charge in [-0.2, -0.15) is 5.10 Å². The molecule has 0 radical (unpaired) electrons. The second-order valence-electron chi connectivity index (χ2n) is 5.22. The van der Waals surface area contributed by atoms with Gasteiger partial charge in [0.2, 0.25) is 0 Å². The number of carboxylic acids is 1. The van der Waals surface area contributed by atoms with Crippen LogP contribution in [-0.4, -0.2) is 38.3 Å². The average molecular weight is 283 g/mol. The fourth-order valence-corrected chi connectivity index (χ4v) is 2.66. The van der Waals surface area contributed by atoms with Crippen LogP contribution >= 0.6 is 0 Å². The highest BCUT2D eigenvalue weighted by Gasteiger charge is 2.26. The van der Waals surface area contributed by atoms with E-state index in [0.29, 0.717) is 13.1 Å². The SMILES string of the molecule is Cc1ccc(-n2cccn2)c(CN2CC=C[C@@H]2C(=O)O)c1. The van der Waals surface area contributed by atoms with Crippen LogP contribution in [0.4, 0.5) is 0 Å². The van der Waals surface area contributed by atoms with Crippen LogP contribution in [0.1, 0.15) is 11.1 Å². The van der Waals surface area contributed by atoms with Crippen LogP contribution in [0.15, 0.2) is 48.8 Å². The molecule has 21 heavy (non-hydrogen) atoms. The number of carboxylic acid groups (broad SMARTS) is 1. The van der Waals surface area contributed by atoms with E-state index < -0.39 is 12.0 Å². The molecule has 0 aliphatic carbocycles. The van der Waals surface area contributed by atoms with E-state index in [1.165, 1.54) is 0 Å². The van der Waals surface area contributed by atoms with Gasteiger partial charge in [-0.05, 0) is 24.6 Å². The molecule has 2 heterocycles. The van der Waals surface area contributed by atoms with Crippen LogP contribution in [0.25, 0.3) is 5.69 Å². The van der Waals surface area contributed by atoms with Crippen molar-refractivity contribution in [3.8, 4) is 5.69 Å². The van der Waals surface area contributed by atoms with Gasteiger partial charge in [-0.1, -0.05) is 29.8 Å². The van der Waals surface area contributed by atoms with Gasteiger partial charge in [0, 0.05) is 25.5 Å². The van der Waals surface area contributed by atoms with E-state index in [2.05, 4.69) is 11.2 Å². The molecular weight excluding hydrogens is 266 g/mol. The fraction of sp³-hybridized carbons (Fsp3) is 0.250. The van der Waals surface area contributed by atoms with Gasteiger partial charge in [-0.3, -0.25) is 9.69 Å². The van der Waals surface area contributed by atoms with Gasteiger partial charge in [0.1, 0.15) is 6.04 Å². The second kappa shape index (κ2) is 5.54. The Morgan fingerprint density at radius 1 is 1.48 bits per heavy atom. The first-order valence-electron chi connectivity index (χ1n) is 6.88.